The third kappa shape index (κ3) is 15.3. The van der Waals surface area contributed by atoms with Crippen LogP contribution < -0.4 is 9.13 Å². The maximum atomic E-state index is 2.34. The maximum absolute atomic E-state index is 2.34. The Morgan fingerprint density at radius 3 is 1.11 bits per heavy atom. The van der Waals surface area contributed by atoms with Crippen LogP contribution in [0.2, 0.25) is 0 Å². The fourth-order valence-electron chi connectivity index (χ4n) is 2.41. The van der Waals surface area contributed by atoms with Gasteiger partial charge in [0.2, 0.25) is 0 Å². The van der Waals surface area contributed by atoms with Gasteiger partial charge in [0.05, 0.1) is 0 Å². The molecule has 2 rings (SSSR count). The van der Waals surface area contributed by atoms with Gasteiger partial charge in [-0.05, 0) is 29.4 Å². The molecule has 0 fully saturated rings. The monoisotopic (exact) mass is 467 g/mol. The number of nitrogens with zero attached hydrogens (tertiary/aromatic N) is 2. The van der Waals surface area contributed by atoms with E-state index in [1.54, 1.807) is 0 Å². The van der Waals surface area contributed by atoms with Crippen molar-refractivity contribution in [3.63, 3.8) is 0 Å². The van der Waals surface area contributed by atoms with Gasteiger partial charge in [-0.3, -0.25) is 0 Å². The van der Waals surface area contributed by atoms with Gasteiger partial charge in [0.1, 0.15) is 14.1 Å². The van der Waals surface area contributed by atoms with Gasteiger partial charge < -0.3 is 0 Å². The van der Waals surface area contributed by atoms with E-state index in [2.05, 4.69) is 76.7 Å². The van der Waals surface area contributed by atoms with E-state index >= 15 is 0 Å². The topological polar surface area (TPSA) is 7.76 Å². The molecule has 0 aliphatic carbocycles. The third-order valence-electron chi connectivity index (χ3n) is 4.49. The molecule has 2 aromatic heterocycles. The normalized spacial score (nSPS) is 10.6. The number of hydrogen-bond acceptors (Lipinski definition) is 0. The first kappa shape index (κ1) is 38.1. The van der Waals surface area contributed by atoms with Gasteiger partial charge in [-0.2, -0.15) is 0 Å². The minimum Gasteiger partial charge on any atom is -0.208 e. The zero-order valence-electron chi connectivity index (χ0n) is 16.4. The SMILES string of the molecule is C.C.C.C.CCC(C)CC(C)CC.C[n+]1ccc(-c2cc[n+](C)cc2)cc1.[Y]. The molecule has 1 radical (unpaired) electrons. The second kappa shape index (κ2) is 21.1. The first-order valence-corrected chi connectivity index (χ1v) is 8.87. The molecule has 2 atom stereocenters. The molecule has 0 amide bonds. The van der Waals surface area contributed by atoms with Crippen LogP contribution in [0.3, 0.4) is 0 Å². The predicted octanol–water partition coefficient (Wildman–Crippen LogP) is 7.01. The quantitative estimate of drug-likeness (QED) is 0.418. The largest absolute Gasteiger partial charge is 0.208 e. The first-order valence-electron chi connectivity index (χ1n) is 8.87. The molecule has 0 N–H and O–H groups in total. The van der Waals surface area contributed by atoms with Crippen LogP contribution in [0.25, 0.3) is 11.1 Å². The van der Waals surface area contributed by atoms with Crippen molar-refractivity contribution >= 4 is 0 Å². The minimum absolute atomic E-state index is 0. The number of pyridine rings is 2. The molecule has 2 unspecified atom stereocenters. The van der Waals surface area contributed by atoms with Crippen LogP contribution in [0.1, 0.15) is 76.7 Å². The summed E-state index contributed by atoms with van der Waals surface area (Å²) in [4.78, 5) is 0. The van der Waals surface area contributed by atoms with E-state index in [9.17, 15) is 0 Å². The van der Waals surface area contributed by atoms with Crippen molar-refractivity contribution in [2.45, 2.75) is 76.7 Å². The molecule has 0 spiro atoms. The molecule has 2 aromatic rings. The molecule has 2 nitrogen and oxygen atoms in total. The van der Waals surface area contributed by atoms with Crippen LogP contribution in [0.4, 0.5) is 0 Å². The second-order valence-corrected chi connectivity index (χ2v) is 6.77. The zero-order chi connectivity index (χ0) is 17.2. The van der Waals surface area contributed by atoms with Crippen LogP contribution in [0.5, 0.6) is 0 Å². The van der Waals surface area contributed by atoms with Crippen LogP contribution in [-0.2, 0) is 46.8 Å². The molecule has 0 aliphatic rings. The molecule has 2 heterocycles. The molecule has 0 bridgehead atoms. The van der Waals surface area contributed by atoms with Crippen LogP contribution in [0.15, 0.2) is 49.1 Å². The molecule has 0 saturated heterocycles. The van der Waals surface area contributed by atoms with Crippen LogP contribution in [0, 0.1) is 11.8 Å². The summed E-state index contributed by atoms with van der Waals surface area (Å²) < 4.78 is 4.07. The Balaban J connectivity index is -0.000000114. The predicted molar refractivity (Wildman–Crippen MR) is 125 cm³/mol. The molecule has 3 heteroatoms. The van der Waals surface area contributed by atoms with Gasteiger partial charge in [-0.25, -0.2) is 9.13 Å². The summed E-state index contributed by atoms with van der Waals surface area (Å²) in [5.74, 6) is 1.86. The first-order chi connectivity index (χ1) is 11.0. The number of rotatable bonds is 5. The van der Waals surface area contributed by atoms with Crippen molar-refractivity contribution in [3.05, 3.63) is 49.1 Å². The number of aryl methyl sites for hydroxylation is 2. The Kier molecular flexibility index (Phi) is 28.7. The molecule has 28 heavy (non-hydrogen) atoms. The Morgan fingerprint density at radius 1 is 0.643 bits per heavy atom. The average Bonchev–Trinajstić information content (AvgIpc) is 2.56. The van der Waals surface area contributed by atoms with Crippen molar-refractivity contribution in [3.8, 4) is 11.1 Å². The van der Waals surface area contributed by atoms with Gasteiger partial charge in [-0.1, -0.05) is 70.2 Å². The van der Waals surface area contributed by atoms with E-state index in [1.807, 2.05) is 23.2 Å². The van der Waals surface area contributed by atoms with E-state index in [0.29, 0.717) is 0 Å². The van der Waals surface area contributed by atoms with Crippen molar-refractivity contribution in [1.82, 2.24) is 0 Å². The van der Waals surface area contributed by atoms with E-state index in [-0.39, 0.29) is 62.4 Å². The summed E-state index contributed by atoms with van der Waals surface area (Å²) >= 11 is 0. The summed E-state index contributed by atoms with van der Waals surface area (Å²) in [5.41, 5.74) is 2.51. The summed E-state index contributed by atoms with van der Waals surface area (Å²) in [6.45, 7) is 9.22. The fourth-order valence-corrected chi connectivity index (χ4v) is 2.41. The Morgan fingerprint density at radius 2 is 0.893 bits per heavy atom. The van der Waals surface area contributed by atoms with Gasteiger partial charge >= 0.3 is 0 Å². The van der Waals surface area contributed by atoms with Crippen molar-refractivity contribution in [2.24, 2.45) is 25.9 Å². The van der Waals surface area contributed by atoms with Crippen LogP contribution in [-0.4, -0.2) is 0 Å². The van der Waals surface area contributed by atoms with Crippen molar-refractivity contribution < 1.29 is 41.8 Å². The van der Waals surface area contributed by atoms with E-state index in [4.69, 9.17) is 0 Å². The van der Waals surface area contributed by atoms with E-state index in [1.165, 1.54) is 30.4 Å². The van der Waals surface area contributed by atoms with Gasteiger partial charge in [0.25, 0.3) is 0 Å². The van der Waals surface area contributed by atoms with E-state index < -0.39 is 0 Å². The Labute approximate surface area is 203 Å². The smallest absolute Gasteiger partial charge is 0.169 e. The third-order valence-corrected chi connectivity index (χ3v) is 4.49. The molecule has 0 saturated carbocycles. The molecule has 0 aliphatic heterocycles. The number of aromatic nitrogens is 2. The number of hydrogen-bond donors (Lipinski definition) is 0. The molecular formula is C25H50N2Y+2. The Bertz CT molecular complexity index is 498. The van der Waals surface area contributed by atoms with Gasteiger partial charge in [-0.15, -0.1) is 0 Å². The fraction of sp³-hybridized carbons (Fsp3) is 0.600. The molecule has 161 valence electrons. The van der Waals surface area contributed by atoms with Gasteiger partial charge in [0.15, 0.2) is 24.8 Å². The molecule has 0 aromatic carbocycles. The summed E-state index contributed by atoms with van der Waals surface area (Å²) in [7, 11) is 4.05. The average molecular weight is 468 g/mol. The Hall–Kier alpha value is -0.596. The maximum Gasteiger partial charge on any atom is 0.169 e. The van der Waals surface area contributed by atoms with Crippen molar-refractivity contribution in [1.29, 1.82) is 0 Å². The van der Waals surface area contributed by atoms with Gasteiger partial charge in [0, 0.05) is 57.0 Å². The van der Waals surface area contributed by atoms with Crippen LogP contribution >= 0.6 is 0 Å². The van der Waals surface area contributed by atoms with E-state index in [0.717, 1.165) is 11.8 Å². The minimum atomic E-state index is 0. The summed E-state index contributed by atoms with van der Waals surface area (Å²) in [6, 6.07) is 8.48. The summed E-state index contributed by atoms with van der Waals surface area (Å²) in [6.07, 6.45) is 12.3. The standard InChI is InChI=1S/C12H14N2.C9H20.4CH4.Y/c1-13-7-3-11(4-8-13)12-5-9-14(2)10-6-12;1-5-8(3)7-9(4)6-2;;;;;/h3-10H,1-2H3;8-9H,5-7H2,1-4H3;4*1H4;/q+2;;;;;;. The van der Waals surface area contributed by atoms with Crippen molar-refractivity contribution in [2.75, 3.05) is 0 Å². The molecular weight excluding hydrogens is 417 g/mol. The second-order valence-electron chi connectivity index (χ2n) is 6.77. The zero-order valence-corrected chi connectivity index (χ0v) is 19.2. The summed E-state index contributed by atoms with van der Waals surface area (Å²) in [5, 5.41) is 0.